The number of rotatable bonds is 15. The van der Waals surface area contributed by atoms with Crippen molar-refractivity contribution in [2.24, 2.45) is 0 Å². The maximum absolute atomic E-state index is 12.1. The number of benzene rings is 2. The summed E-state index contributed by atoms with van der Waals surface area (Å²) in [7, 11) is 2.67. The predicted molar refractivity (Wildman–Crippen MR) is 143 cm³/mol. The molecule has 2 rings (SSSR count). The second-order valence-corrected chi connectivity index (χ2v) is 8.35. The van der Waals surface area contributed by atoms with E-state index in [1.165, 1.54) is 20.3 Å². The summed E-state index contributed by atoms with van der Waals surface area (Å²) in [6.07, 6.45) is 11.4. The first-order chi connectivity index (χ1) is 17.5. The van der Waals surface area contributed by atoms with Crippen molar-refractivity contribution in [2.45, 2.75) is 52.4 Å². The van der Waals surface area contributed by atoms with Crippen LogP contribution < -0.4 is 9.47 Å². The third-order valence-electron chi connectivity index (χ3n) is 5.52. The molecule has 0 aromatic heterocycles. The lowest BCUT2D eigenvalue weighted by atomic mass is 10.00. The van der Waals surface area contributed by atoms with Gasteiger partial charge in [0.05, 0.1) is 33.0 Å². The molecule has 0 saturated heterocycles. The summed E-state index contributed by atoms with van der Waals surface area (Å²) in [6.45, 7) is 5.58. The maximum atomic E-state index is 12.1. The molecule has 0 radical (unpaired) electrons. The van der Waals surface area contributed by atoms with Gasteiger partial charge >= 0.3 is 11.9 Å². The fourth-order valence-corrected chi connectivity index (χ4v) is 3.49. The molecule has 0 N–H and O–H groups in total. The molecule has 0 unspecified atom stereocenters. The summed E-state index contributed by atoms with van der Waals surface area (Å²) >= 11 is 0. The van der Waals surface area contributed by atoms with Crippen molar-refractivity contribution < 1.29 is 28.5 Å². The van der Waals surface area contributed by atoms with Gasteiger partial charge in [0, 0.05) is 6.08 Å². The molecule has 0 atom stereocenters. The van der Waals surface area contributed by atoms with Gasteiger partial charge in [0.25, 0.3) is 0 Å². The van der Waals surface area contributed by atoms with Crippen LogP contribution >= 0.6 is 0 Å². The Morgan fingerprint density at radius 3 is 2.06 bits per heavy atom. The molecule has 0 aliphatic carbocycles. The average Bonchev–Trinajstić information content (AvgIpc) is 2.91. The van der Waals surface area contributed by atoms with Crippen LogP contribution in [0.3, 0.4) is 0 Å². The molecule has 0 amide bonds. The molecule has 36 heavy (non-hydrogen) atoms. The van der Waals surface area contributed by atoms with Crippen LogP contribution in [0.1, 0.15) is 73.9 Å². The largest absolute Gasteiger partial charge is 0.490 e. The first kappa shape index (κ1) is 28.7. The number of carbonyl (C=O) groups excluding carboxylic acids is 2. The van der Waals surface area contributed by atoms with Crippen molar-refractivity contribution in [3.05, 3.63) is 71.3 Å². The van der Waals surface area contributed by atoms with E-state index in [-0.39, 0.29) is 0 Å². The number of methoxy groups -OCH3 is 2. The Morgan fingerprint density at radius 2 is 1.42 bits per heavy atom. The molecule has 0 aliphatic heterocycles. The van der Waals surface area contributed by atoms with Gasteiger partial charge in [-0.05, 0) is 66.0 Å². The van der Waals surface area contributed by atoms with Crippen molar-refractivity contribution in [2.75, 3.05) is 27.4 Å². The molecule has 0 bridgehead atoms. The molecule has 194 valence electrons. The number of ether oxygens (including phenoxy) is 4. The standard InChI is InChI=1S/C30H38O6/c1-5-7-9-18-35-27-16-14-23(21-28(27)36-19-10-8-6-2)20-25(15-17-29(31)33-3)24-12-11-13-26(22-24)30(32)34-4/h11-17,20-22H,5-10,18-19H2,1-4H3. The number of allylic oxidation sites excluding steroid dienone is 2. The highest BCUT2D eigenvalue weighted by molar-refractivity contribution is 5.95. The minimum absolute atomic E-state index is 0.420. The van der Waals surface area contributed by atoms with Crippen molar-refractivity contribution in [3.8, 4) is 11.5 Å². The van der Waals surface area contributed by atoms with Crippen molar-refractivity contribution in [3.63, 3.8) is 0 Å². The van der Waals surface area contributed by atoms with E-state index in [0.29, 0.717) is 24.5 Å². The van der Waals surface area contributed by atoms with Gasteiger partial charge in [0.1, 0.15) is 0 Å². The second kappa shape index (κ2) is 16.2. The number of hydrogen-bond donors (Lipinski definition) is 0. The Balaban J connectivity index is 2.43. The molecule has 0 fully saturated rings. The van der Waals surface area contributed by atoms with Gasteiger partial charge < -0.3 is 18.9 Å². The lowest BCUT2D eigenvalue weighted by Gasteiger charge is -2.14. The van der Waals surface area contributed by atoms with Crippen molar-refractivity contribution >= 4 is 23.6 Å². The number of carbonyl (C=O) groups is 2. The first-order valence-corrected chi connectivity index (χ1v) is 12.6. The van der Waals surface area contributed by atoms with Crippen LogP contribution in [-0.2, 0) is 14.3 Å². The van der Waals surface area contributed by atoms with Crippen molar-refractivity contribution in [1.82, 2.24) is 0 Å². The summed E-state index contributed by atoms with van der Waals surface area (Å²) in [4.78, 5) is 23.8. The van der Waals surface area contributed by atoms with Crippen LogP contribution in [0.5, 0.6) is 11.5 Å². The minimum atomic E-state index is -0.471. The van der Waals surface area contributed by atoms with Gasteiger partial charge in [-0.1, -0.05) is 57.7 Å². The minimum Gasteiger partial charge on any atom is -0.490 e. The molecule has 6 nitrogen and oxygen atoms in total. The molecule has 6 heteroatoms. The van der Waals surface area contributed by atoms with E-state index in [9.17, 15) is 9.59 Å². The van der Waals surface area contributed by atoms with Gasteiger partial charge in [-0.15, -0.1) is 0 Å². The van der Waals surface area contributed by atoms with Crippen LogP contribution in [0.15, 0.2) is 54.6 Å². The number of unbranched alkanes of at least 4 members (excludes halogenated alkanes) is 4. The van der Waals surface area contributed by atoms with Crippen molar-refractivity contribution in [1.29, 1.82) is 0 Å². The fourth-order valence-electron chi connectivity index (χ4n) is 3.49. The molecule has 0 spiro atoms. The second-order valence-electron chi connectivity index (χ2n) is 8.35. The lowest BCUT2D eigenvalue weighted by molar-refractivity contribution is -0.134. The van der Waals surface area contributed by atoms with Gasteiger partial charge in [0.15, 0.2) is 11.5 Å². The maximum Gasteiger partial charge on any atom is 0.337 e. The van der Waals surface area contributed by atoms with Crippen LogP contribution in [0.2, 0.25) is 0 Å². The van der Waals surface area contributed by atoms with E-state index in [0.717, 1.165) is 61.0 Å². The molecule has 0 aliphatic rings. The highest BCUT2D eigenvalue weighted by Gasteiger charge is 2.10. The normalized spacial score (nSPS) is 11.4. The van der Waals surface area contributed by atoms with E-state index in [1.54, 1.807) is 24.3 Å². The number of hydrogen-bond acceptors (Lipinski definition) is 6. The zero-order valence-corrected chi connectivity index (χ0v) is 21.9. The van der Waals surface area contributed by atoms with Crippen LogP contribution in [-0.4, -0.2) is 39.4 Å². The topological polar surface area (TPSA) is 71.1 Å². The third kappa shape index (κ3) is 9.61. The third-order valence-corrected chi connectivity index (χ3v) is 5.52. The quantitative estimate of drug-likeness (QED) is 0.0883. The molecule has 2 aromatic rings. The van der Waals surface area contributed by atoms with Gasteiger partial charge in [-0.3, -0.25) is 0 Å². The fraction of sp³-hybridized carbons (Fsp3) is 0.400. The molecule has 0 heterocycles. The predicted octanol–water partition coefficient (Wildman–Crippen LogP) is 6.88. The average molecular weight is 495 g/mol. The Morgan fingerprint density at radius 1 is 0.750 bits per heavy atom. The SMILES string of the molecule is CCCCCOc1ccc(C=C(C=CC(=O)OC)c2cccc(C(=O)OC)c2)cc1OCCCCC. The Labute approximate surface area is 214 Å². The zero-order chi connectivity index (χ0) is 26.2. The molecular formula is C30H38O6. The zero-order valence-electron chi connectivity index (χ0n) is 21.9. The van der Waals surface area contributed by atoms with Crippen LogP contribution in [0.25, 0.3) is 11.6 Å². The van der Waals surface area contributed by atoms with Gasteiger partial charge in [-0.25, -0.2) is 9.59 Å². The highest BCUT2D eigenvalue weighted by Crippen LogP contribution is 2.31. The summed E-state index contributed by atoms with van der Waals surface area (Å²) in [5.74, 6) is 0.510. The monoisotopic (exact) mass is 494 g/mol. The summed E-state index contributed by atoms with van der Waals surface area (Å²) in [5.41, 5.74) is 2.76. The molecular weight excluding hydrogens is 456 g/mol. The van der Waals surface area contributed by atoms with E-state index in [2.05, 4.69) is 13.8 Å². The Hall–Kier alpha value is -3.54. The summed E-state index contributed by atoms with van der Waals surface area (Å²) in [6, 6.07) is 12.9. The van der Waals surface area contributed by atoms with E-state index >= 15 is 0 Å². The molecule has 2 aromatic carbocycles. The lowest BCUT2D eigenvalue weighted by Crippen LogP contribution is -2.03. The van der Waals surface area contributed by atoms with E-state index in [4.69, 9.17) is 18.9 Å². The van der Waals surface area contributed by atoms with E-state index < -0.39 is 11.9 Å². The Bertz CT molecular complexity index is 1040. The highest BCUT2D eigenvalue weighted by atomic mass is 16.5. The van der Waals surface area contributed by atoms with E-state index in [1.807, 2.05) is 30.3 Å². The molecule has 0 saturated carbocycles. The summed E-state index contributed by atoms with van der Waals surface area (Å²) in [5, 5.41) is 0. The van der Waals surface area contributed by atoms with Gasteiger partial charge in [0.2, 0.25) is 0 Å². The van der Waals surface area contributed by atoms with Crippen LogP contribution in [0, 0.1) is 0 Å². The van der Waals surface area contributed by atoms with Gasteiger partial charge in [-0.2, -0.15) is 0 Å². The smallest absolute Gasteiger partial charge is 0.337 e. The van der Waals surface area contributed by atoms with Crippen LogP contribution in [0.4, 0.5) is 0 Å². The first-order valence-electron chi connectivity index (χ1n) is 12.6. The Kier molecular flexibility index (Phi) is 12.9. The number of esters is 2. The summed E-state index contributed by atoms with van der Waals surface area (Å²) < 4.78 is 21.7.